The van der Waals surface area contributed by atoms with Crippen LogP contribution in [0.3, 0.4) is 0 Å². The molecule has 146 valence electrons. The van der Waals surface area contributed by atoms with Crippen LogP contribution in [0.1, 0.15) is 16.2 Å². The molecule has 0 saturated heterocycles. The molecule has 0 atom stereocenters. The zero-order valence-corrected chi connectivity index (χ0v) is 16.4. The summed E-state index contributed by atoms with van der Waals surface area (Å²) in [6.07, 6.45) is 0. The minimum absolute atomic E-state index is 0.0769. The summed E-state index contributed by atoms with van der Waals surface area (Å²) in [4.78, 5) is 19.0. The van der Waals surface area contributed by atoms with Crippen molar-refractivity contribution in [2.24, 2.45) is 0 Å². The third-order valence-corrected chi connectivity index (χ3v) is 5.70. The summed E-state index contributed by atoms with van der Waals surface area (Å²) in [6.45, 7) is 1.53. The lowest BCUT2D eigenvalue weighted by Crippen LogP contribution is -2.31. The van der Waals surface area contributed by atoms with Gasteiger partial charge in [-0.15, -0.1) is 0 Å². The van der Waals surface area contributed by atoms with Crippen LogP contribution in [0, 0.1) is 12.7 Å². The molecule has 1 amide bonds. The van der Waals surface area contributed by atoms with Crippen molar-refractivity contribution in [3.63, 3.8) is 0 Å². The number of ether oxygens (including phenoxy) is 1. The number of hydrogen-bond acceptors (Lipinski definition) is 5. The molecule has 3 rings (SSSR count). The number of aryl methyl sites for hydroxylation is 1. The highest BCUT2D eigenvalue weighted by Gasteiger charge is 2.25. The fourth-order valence-corrected chi connectivity index (χ4v) is 3.97. The molecule has 0 unspecified atom stereocenters. The van der Waals surface area contributed by atoms with Crippen molar-refractivity contribution >= 4 is 27.5 Å². The third kappa shape index (κ3) is 3.85. The van der Waals surface area contributed by atoms with E-state index in [2.05, 4.69) is 9.97 Å². The molecule has 0 saturated carbocycles. The zero-order valence-electron chi connectivity index (χ0n) is 14.8. The van der Waals surface area contributed by atoms with Crippen LogP contribution in [0.4, 0.5) is 4.39 Å². The summed E-state index contributed by atoms with van der Waals surface area (Å²) in [6, 6.07) is 9.90. The smallest absolute Gasteiger partial charge is 0.285 e. The van der Waals surface area contributed by atoms with Crippen LogP contribution in [-0.4, -0.2) is 31.4 Å². The minimum atomic E-state index is -4.29. The summed E-state index contributed by atoms with van der Waals surface area (Å²) >= 11 is 5.95. The van der Waals surface area contributed by atoms with Crippen molar-refractivity contribution < 1.29 is 22.3 Å². The normalized spacial score (nSPS) is 11.3. The molecule has 0 aliphatic carbocycles. The Morgan fingerprint density at radius 1 is 1.25 bits per heavy atom. The molecule has 10 heteroatoms. The van der Waals surface area contributed by atoms with E-state index in [4.69, 9.17) is 16.3 Å². The fraction of sp³-hybridized carbons (Fsp3) is 0.111. The maximum atomic E-state index is 13.9. The quantitative estimate of drug-likeness (QED) is 0.655. The number of benzene rings is 2. The Hall–Kier alpha value is -2.91. The molecule has 3 aromatic rings. The molecule has 1 aromatic heterocycles. The molecular formula is C18H15ClFN3O4S. The van der Waals surface area contributed by atoms with Crippen LogP contribution in [0.15, 0.2) is 47.4 Å². The van der Waals surface area contributed by atoms with Crippen LogP contribution in [0.2, 0.25) is 5.02 Å². The van der Waals surface area contributed by atoms with Gasteiger partial charge in [0.2, 0.25) is 0 Å². The second-order valence-corrected chi connectivity index (χ2v) is 7.83. The second kappa shape index (κ2) is 7.61. The third-order valence-electron chi connectivity index (χ3n) is 3.88. The fourth-order valence-electron chi connectivity index (χ4n) is 2.50. The van der Waals surface area contributed by atoms with E-state index in [-0.39, 0.29) is 38.4 Å². The van der Waals surface area contributed by atoms with E-state index in [1.807, 2.05) is 4.72 Å². The van der Waals surface area contributed by atoms with Crippen molar-refractivity contribution in [2.75, 3.05) is 7.11 Å². The molecule has 0 bridgehead atoms. The summed E-state index contributed by atoms with van der Waals surface area (Å²) < 4.78 is 46.0. The van der Waals surface area contributed by atoms with Gasteiger partial charge in [0.05, 0.1) is 17.7 Å². The summed E-state index contributed by atoms with van der Waals surface area (Å²) in [5.74, 6) is -1.14. The number of nitrogens with one attached hydrogen (secondary N) is 2. The number of imidazole rings is 1. The van der Waals surface area contributed by atoms with Gasteiger partial charge < -0.3 is 9.72 Å². The zero-order chi connectivity index (χ0) is 20.5. The number of aromatic nitrogens is 2. The molecule has 2 aromatic carbocycles. The number of carbonyl (C=O) groups is 1. The van der Waals surface area contributed by atoms with E-state index in [1.54, 1.807) is 6.07 Å². The summed E-state index contributed by atoms with van der Waals surface area (Å²) in [7, 11) is -2.92. The van der Waals surface area contributed by atoms with Gasteiger partial charge in [-0.05, 0) is 31.2 Å². The van der Waals surface area contributed by atoms with Gasteiger partial charge in [0.15, 0.2) is 5.69 Å². The molecule has 1 heterocycles. The lowest BCUT2D eigenvalue weighted by molar-refractivity contribution is 0.0976. The highest BCUT2D eigenvalue weighted by atomic mass is 35.5. The number of sulfonamides is 1. The molecule has 2 N–H and O–H groups in total. The Balaban J connectivity index is 1.92. The monoisotopic (exact) mass is 423 g/mol. The molecule has 0 radical (unpaired) electrons. The Kier molecular flexibility index (Phi) is 5.39. The number of aromatic amines is 1. The lowest BCUT2D eigenvalue weighted by atomic mass is 10.2. The van der Waals surface area contributed by atoms with Gasteiger partial charge in [-0.2, -0.15) is 0 Å². The van der Waals surface area contributed by atoms with Gasteiger partial charge in [-0.3, -0.25) is 4.79 Å². The Morgan fingerprint density at radius 3 is 2.64 bits per heavy atom. The van der Waals surface area contributed by atoms with Crippen LogP contribution in [-0.2, 0) is 10.0 Å². The molecule has 28 heavy (non-hydrogen) atoms. The van der Waals surface area contributed by atoms with Gasteiger partial charge in [0.25, 0.3) is 15.9 Å². The van der Waals surface area contributed by atoms with E-state index >= 15 is 0 Å². The number of carbonyl (C=O) groups excluding carboxylic acids is 1. The standard InChI is InChI=1S/C18H15ClFN3O4S/c1-10-16(22-17(21-10)12-5-3-4-6-14(12)20)18(24)23-28(25,26)15-9-11(27-2)7-8-13(15)19/h3-9H,1-2H3,(H,21,22)(H,23,24). The maximum Gasteiger partial charge on any atom is 0.285 e. The van der Waals surface area contributed by atoms with Crippen molar-refractivity contribution in [3.05, 3.63) is 64.7 Å². The Bertz CT molecular complexity index is 1160. The van der Waals surface area contributed by atoms with Crippen LogP contribution < -0.4 is 9.46 Å². The lowest BCUT2D eigenvalue weighted by Gasteiger charge is -2.09. The average Bonchev–Trinajstić information content (AvgIpc) is 3.03. The van der Waals surface area contributed by atoms with Crippen LogP contribution in [0.5, 0.6) is 5.75 Å². The Labute approximate surface area is 165 Å². The first kappa shape index (κ1) is 19.8. The van der Waals surface area contributed by atoms with Crippen molar-refractivity contribution in [2.45, 2.75) is 11.8 Å². The van der Waals surface area contributed by atoms with Crippen LogP contribution in [0.25, 0.3) is 11.4 Å². The van der Waals surface area contributed by atoms with Gasteiger partial charge in [-0.1, -0.05) is 23.7 Å². The van der Waals surface area contributed by atoms with E-state index in [0.29, 0.717) is 0 Å². The largest absolute Gasteiger partial charge is 0.497 e. The van der Waals surface area contributed by atoms with Crippen LogP contribution >= 0.6 is 11.6 Å². The number of H-pyrrole nitrogens is 1. The van der Waals surface area contributed by atoms with E-state index < -0.39 is 21.7 Å². The van der Waals surface area contributed by atoms with Gasteiger partial charge in [0, 0.05) is 11.8 Å². The second-order valence-electron chi connectivity index (χ2n) is 5.77. The van der Waals surface area contributed by atoms with E-state index in [9.17, 15) is 17.6 Å². The predicted molar refractivity (Wildman–Crippen MR) is 101 cm³/mol. The molecule has 0 aliphatic rings. The topological polar surface area (TPSA) is 101 Å². The number of amides is 1. The van der Waals surface area contributed by atoms with Crippen molar-refractivity contribution in [3.8, 4) is 17.1 Å². The predicted octanol–water partition coefficient (Wildman–Crippen LogP) is 3.30. The first-order valence-electron chi connectivity index (χ1n) is 7.95. The van der Waals surface area contributed by atoms with Gasteiger partial charge >= 0.3 is 0 Å². The van der Waals surface area contributed by atoms with Gasteiger partial charge in [0.1, 0.15) is 22.3 Å². The van der Waals surface area contributed by atoms with Crippen molar-refractivity contribution in [1.29, 1.82) is 0 Å². The molecule has 0 aliphatic heterocycles. The summed E-state index contributed by atoms with van der Waals surface area (Å²) in [5, 5.41) is -0.0769. The number of methoxy groups -OCH3 is 1. The van der Waals surface area contributed by atoms with Gasteiger partial charge in [-0.25, -0.2) is 22.5 Å². The number of hydrogen-bond donors (Lipinski definition) is 2. The van der Waals surface area contributed by atoms with Crippen molar-refractivity contribution in [1.82, 2.24) is 14.7 Å². The first-order chi connectivity index (χ1) is 13.2. The Morgan fingerprint density at radius 2 is 1.96 bits per heavy atom. The highest BCUT2D eigenvalue weighted by Crippen LogP contribution is 2.26. The SMILES string of the molecule is COc1ccc(Cl)c(S(=O)(=O)NC(=O)c2nc(-c3ccccc3F)[nH]c2C)c1. The number of halogens is 2. The van der Waals surface area contributed by atoms with E-state index in [1.165, 1.54) is 50.4 Å². The minimum Gasteiger partial charge on any atom is -0.497 e. The number of nitrogens with zero attached hydrogens (tertiary/aromatic N) is 1. The highest BCUT2D eigenvalue weighted by molar-refractivity contribution is 7.90. The molecule has 7 nitrogen and oxygen atoms in total. The van der Waals surface area contributed by atoms with E-state index in [0.717, 1.165) is 0 Å². The summed E-state index contributed by atoms with van der Waals surface area (Å²) in [5.41, 5.74) is 0.256. The molecule has 0 spiro atoms. The average molecular weight is 424 g/mol. The number of rotatable bonds is 5. The molecular weight excluding hydrogens is 409 g/mol. The first-order valence-corrected chi connectivity index (χ1v) is 9.81. The molecule has 0 fully saturated rings. The maximum absolute atomic E-state index is 13.9.